The number of halogens is 1. The number of rotatable bonds is 5. The maximum atomic E-state index is 11.9. The second-order valence-corrected chi connectivity index (χ2v) is 5.62. The van der Waals surface area contributed by atoms with Crippen LogP contribution < -0.4 is 5.43 Å². The first-order valence-corrected chi connectivity index (χ1v) is 7.85. The Bertz CT molecular complexity index is 980. The van der Waals surface area contributed by atoms with Crippen molar-refractivity contribution in [3.8, 4) is 11.3 Å². The summed E-state index contributed by atoms with van der Waals surface area (Å²) < 4.78 is 5.54. The Hall–Kier alpha value is -3.45. The van der Waals surface area contributed by atoms with Gasteiger partial charge in [-0.3, -0.25) is 14.9 Å². The number of nitrogens with zero attached hydrogens (tertiary/aromatic N) is 2. The molecule has 130 valence electrons. The van der Waals surface area contributed by atoms with Gasteiger partial charge in [0, 0.05) is 16.7 Å². The normalized spacial score (nSPS) is 10.8. The van der Waals surface area contributed by atoms with Crippen LogP contribution >= 0.6 is 11.6 Å². The molecule has 0 unspecified atom stereocenters. The number of nitro benzene ring substituents is 1. The number of hydrogen-bond acceptors (Lipinski definition) is 5. The van der Waals surface area contributed by atoms with Gasteiger partial charge in [-0.2, -0.15) is 5.10 Å². The van der Waals surface area contributed by atoms with Crippen LogP contribution in [-0.2, 0) is 0 Å². The Balaban J connectivity index is 1.71. The van der Waals surface area contributed by atoms with Crippen LogP contribution in [0.3, 0.4) is 0 Å². The predicted molar refractivity (Wildman–Crippen MR) is 97.3 cm³/mol. The number of furan rings is 1. The highest BCUT2D eigenvalue weighted by atomic mass is 35.5. The molecule has 0 radical (unpaired) electrons. The van der Waals surface area contributed by atoms with E-state index >= 15 is 0 Å². The van der Waals surface area contributed by atoms with Crippen LogP contribution in [0.1, 0.15) is 16.1 Å². The molecule has 1 heterocycles. The van der Waals surface area contributed by atoms with E-state index in [1.54, 1.807) is 54.6 Å². The van der Waals surface area contributed by atoms with Gasteiger partial charge < -0.3 is 4.42 Å². The number of carbonyl (C=O) groups is 1. The average molecular weight is 370 g/mol. The summed E-state index contributed by atoms with van der Waals surface area (Å²) in [5, 5.41) is 15.4. The first kappa shape index (κ1) is 17.4. The topological polar surface area (TPSA) is 97.7 Å². The Morgan fingerprint density at radius 1 is 1.12 bits per heavy atom. The lowest BCUT2D eigenvalue weighted by molar-refractivity contribution is -0.384. The molecule has 8 heteroatoms. The summed E-state index contributed by atoms with van der Waals surface area (Å²) in [5.74, 6) is 0.278. The molecule has 0 aliphatic carbocycles. The van der Waals surface area contributed by atoms with Crippen molar-refractivity contribution in [2.75, 3.05) is 0 Å². The standard InChI is InChI=1S/C18H12ClN3O4/c19-13-7-5-12(6-8-13)18(23)21-20-11-14-9-10-17(26-14)15-3-1-2-4-16(15)22(24)25/h1-11H,(H,21,23)/b20-11+. The highest BCUT2D eigenvalue weighted by Crippen LogP contribution is 2.30. The zero-order valence-electron chi connectivity index (χ0n) is 13.3. The molecule has 0 aliphatic rings. The van der Waals surface area contributed by atoms with Crippen molar-refractivity contribution in [2.45, 2.75) is 0 Å². The molecule has 1 N–H and O–H groups in total. The third-order valence-electron chi connectivity index (χ3n) is 3.46. The summed E-state index contributed by atoms with van der Waals surface area (Å²) in [6.45, 7) is 0. The molecule has 3 rings (SSSR count). The van der Waals surface area contributed by atoms with Crippen molar-refractivity contribution in [3.05, 3.63) is 87.1 Å². The molecule has 0 atom stereocenters. The zero-order valence-corrected chi connectivity index (χ0v) is 14.0. The second-order valence-electron chi connectivity index (χ2n) is 5.18. The van der Waals surface area contributed by atoms with Crippen molar-refractivity contribution in [1.82, 2.24) is 5.43 Å². The lowest BCUT2D eigenvalue weighted by Gasteiger charge is -1.99. The van der Waals surface area contributed by atoms with Crippen LogP contribution in [0.25, 0.3) is 11.3 Å². The molecule has 0 saturated carbocycles. The van der Waals surface area contributed by atoms with E-state index in [2.05, 4.69) is 10.5 Å². The number of nitrogens with one attached hydrogen (secondary N) is 1. The number of hydrogen-bond donors (Lipinski definition) is 1. The van der Waals surface area contributed by atoms with Gasteiger partial charge in [0.05, 0.1) is 16.7 Å². The van der Waals surface area contributed by atoms with Gasteiger partial charge in [0.1, 0.15) is 11.5 Å². The maximum absolute atomic E-state index is 11.9. The molecular weight excluding hydrogens is 358 g/mol. The largest absolute Gasteiger partial charge is 0.455 e. The predicted octanol–water partition coefficient (Wildman–Crippen LogP) is 4.27. The Morgan fingerprint density at radius 2 is 1.85 bits per heavy atom. The molecule has 0 fully saturated rings. The second kappa shape index (κ2) is 7.62. The van der Waals surface area contributed by atoms with E-state index in [4.69, 9.17) is 16.0 Å². The molecule has 7 nitrogen and oxygen atoms in total. The highest BCUT2D eigenvalue weighted by Gasteiger charge is 2.16. The van der Waals surface area contributed by atoms with Gasteiger partial charge >= 0.3 is 0 Å². The molecule has 0 saturated heterocycles. The Morgan fingerprint density at radius 3 is 2.58 bits per heavy atom. The van der Waals surface area contributed by atoms with Crippen LogP contribution in [0.4, 0.5) is 5.69 Å². The molecule has 0 spiro atoms. The van der Waals surface area contributed by atoms with Gasteiger partial charge in [0.15, 0.2) is 0 Å². The van der Waals surface area contributed by atoms with Crippen LogP contribution in [0.5, 0.6) is 0 Å². The van der Waals surface area contributed by atoms with E-state index in [9.17, 15) is 14.9 Å². The smallest absolute Gasteiger partial charge is 0.280 e. The van der Waals surface area contributed by atoms with E-state index in [1.807, 2.05) is 0 Å². The van der Waals surface area contributed by atoms with Crippen LogP contribution in [0.2, 0.25) is 5.02 Å². The first-order valence-electron chi connectivity index (χ1n) is 7.47. The van der Waals surface area contributed by atoms with Crippen LogP contribution in [0, 0.1) is 10.1 Å². The third-order valence-corrected chi connectivity index (χ3v) is 3.71. The van der Waals surface area contributed by atoms with Gasteiger partial charge in [-0.05, 0) is 42.5 Å². The van der Waals surface area contributed by atoms with Gasteiger partial charge in [0.2, 0.25) is 0 Å². The molecule has 0 bridgehead atoms. The number of benzene rings is 2. The monoisotopic (exact) mass is 369 g/mol. The molecule has 3 aromatic rings. The summed E-state index contributed by atoms with van der Waals surface area (Å²) in [6, 6.07) is 15.8. The molecular formula is C18H12ClN3O4. The number of para-hydroxylation sites is 1. The van der Waals surface area contributed by atoms with Crippen molar-refractivity contribution < 1.29 is 14.1 Å². The van der Waals surface area contributed by atoms with Gasteiger partial charge in [-0.15, -0.1) is 0 Å². The maximum Gasteiger partial charge on any atom is 0.280 e. The molecule has 1 amide bonds. The minimum atomic E-state index is -0.474. The summed E-state index contributed by atoms with van der Waals surface area (Å²) in [5.41, 5.74) is 3.08. The van der Waals surface area contributed by atoms with Crippen molar-refractivity contribution in [3.63, 3.8) is 0 Å². The van der Waals surface area contributed by atoms with Gasteiger partial charge in [-0.25, -0.2) is 5.43 Å². The number of amides is 1. The fourth-order valence-corrected chi connectivity index (χ4v) is 2.35. The summed E-state index contributed by atoms with van der Waals surface area (Å²) in [7, 11) is 0. The molecule has 1 aromatic heterocycles. The van der Waals surface area contributed by atoms with Crippen LogP contribution in [-0.4, -0.2) is 17.0 Å². The van der Waals surface area contributed by atoms with E-state index in [0.717, 1.165) is 0 Å². The Labute approximate surface area is 153 Å². The summed E-state index contributed by atoms with van der Waals surface area (Å²) in [6.07, 6.45) is 1.31. The summed E-state index contributed by atoms with van der Waals surface area (Å²) in [4.78, 5) is 22.5. The SMILES string of the molecule is O=C(N/N=C/c1ccc(-c2ccccc2[N+](=O)[O-])o1)c1ccc(Cl)cc1. The molecule has 26 heavy (non-hydrogen) atoms. The van der Waals surface area contributed by atoms with E-state index < -0.39 is 10.8 Å². The number of carbonyl (C=O) groups excluding carboxylic acids is 1. The molecule has 2 aromatic carbocycles. The van der Waals surface area contributed by atoms with E-state index in [-0.39, 0.29) is 5.69 Å². The minimum absolute atomic E-state index is 0.0543. The van der Waals surface area contributed by atoms with E-state index in [0.29, 0.717) is 27.7 Å². The zero-order chi connectivity index (χ0) is 18.5. The Kier molecular flexibility index (Phi) is 5.09. The fraction of sp³-hybridized carbons (Fsp3) is 0. The number of nitro groups is 1. The van der Waals surface area contributed by atoms with Crippen LogP contribution in [0.15, 0.2) is 70.2 Å². The lowest BCUT2D eigenvalue weighted by atomic mass is 10.1. The van der Waals surface area contributed by atoms with Crippen molar-refractivity contribution in [1.29, 1.82) is 0 Å². The van der Waals surface area contributed by atoms with Gasteiger partial charge in [0.25, 0.3) is 11.6 Å². The quantitative estimate of drug-likeness (QED) is 0.412. The third kappa shape index (κ3) is 3.96. The molecule has 0 aliphatic heterocycles. The lowest BCUT2D eigenvalue weighted by Crippen LogP contribution is -2.17. The summed E-state index contributed by atoms with van der Waals surface area (Å²) >= 11 is 5.77. The highest BCUT2D eigenvalue weighted by molar-refractivity contribution is 6.30. The van der Waals surface area contributed by atoms with Crippen molar-refractivity contribution >= 4 is 29.4 Å². The van der Waals surface area contributed by atoms with Gasteiger partial charge in [-0.1, -0.05) is 23.7 Å². The van der Waals surface area contributed by atoms with E-state index in [1.165, 1.54) is 12.3 Å². The fourth-order valence-electron chi connectivity index (χ4n) is 2.23. The average Bonchev–Trinajstić information content (AvgIpc) is 3.11. The number of hydrazone groups is 1. The minimum Gasteiger partial charge on any atom is -0.455 e. The first-order chi connectivity index (χ1) is 12.5. The van der Waals surface area contributed by atoms with Crippen molar-refractivity contribution in [2.24, 2.45) is 5.10 Å².